The summed E-state index contributed by atoms with van der Waals surface area (Å²) in [5, 5.41) is 10.6. The van der Waals surface area contributed by atoms with Crippen LogP contribution in [0.4, 0.5) is 17.7 Å². The van der Waals surface area contributed by atoms with Crippen molar-refractivity contribution in [2.24, 2.45) is 10.1 Å². The molecule has 2 heterocycles. The van der Waals surface area contributed by atoms with Crippen LogP contribution in [-0.2, 0) is 9.84 Å². The maximum Gasteiger partial charge on any atom is 0.299 e. The van der Waals surface area contributed by atoms with Gasteiger partial charge in [0.15, 0.2) is 15.6 Å². The number of anilines is 2. The highest BCUT2D eigenvalue weighted by Crippen LogP contribution is 2.33. The molecule has 2 aromatic carbocycles. The van der Waals surface area contributed by atoms with E-state index in [-0.39, 0.29) is 22.6 Å². The maximum absolute atomic E-state index is 12.3. The second-order valence-corrected chi connectivity index (χ2v) is 9.32. The SMILES string of the molecule is BN=Nc1nccc(-c2cccc(-c3cnc(Nc4cc(S(=O)(=O)CC)ccc4OC)o3)c2)n1. The Labute approximate surface area is 197 Å². The number of hydrogen-bond donors (Lipinski definition) is 1. The number of oxazole rings is 1. The van der Waals surface area contributed by atoms with E-state index in [1.807, 2.05) is 24.3 Å². The molecule has 0 amide bonds. The summed E-state index contributed by atoms with van der Waals surface area (Å²) >= 11 is 0. The van der Waals surface area contributed by atoms with E-state index in [1.54, 1.807) is 39.4 Å². The van der Waals surface area contributed by atoms with Gasteiger partial charge in [0.1, 0.15) is 5.75 Å². The van der Waals surface area contributed by atoms with Gasteiger partial charge in [-0.3, -0.25) is 5.03 Å². The molecule has 34 heavy (non-hydrogen) atoms. The molecule has 0 aliphatic carbocycles. The van der Waals surface area contributed by atoms with Gasteiger partial charge in [-0.05, 0) is 30.3 Å². The van der Waals surface area contributed by atoms with Crippen molar-refractivity contribution >= 4 is 35.5 Å². The Kier molecular flexibility index (Phi) is 6.69. The van der Waals surface area contributed by atoms with E-state index in [2.05, 4.69) is 30.4 Å². The predicted molar refractivity (Wildman–Crippen MR) is 130 cm³/mol. The number of methoxy groups -OCH3 is 1. The van der Waals surface area contributed by atoms with E-state index in [0.29, 0.717) is 22.9 Å². The summed E-state index contributed by atoms with van der Waals surface area (Å²) in [6.07, 6.45) is 3.20. The molecule has 0 spiro atoms. The second kappa shape index (κ2) is 9.83. The Bertz CT molecular complexity index is 1460. The van der Waals surface area contributed by atoms with Crippen molar-refractivity contribution in [2.45, 2.75) is 11.8 Å². The lowest BCUT2D eigenvalue weighted by atomic mass is 10.1. The molecule has 0 saturated carbocycles. The zero-order valence-corrected chi connectivity index (χ0v) is 19.6. The first kappa shape index (κ1) is 23.1. The quantitative estimate of drug-likeness (QED) is 0.298. The number of nitrogens with zero attached hydrogens (tertiary/aromatic N) is 5. The lowest BCUT2D eigenvalue weighted by molar-refractivity contribution is 0.416. The highest BCUT2D eigenvalue weighted by Gasteiger charge is 2.16. The summed E-state index contributed by atoms with van der Waals surface area (Å²) < 4.78 is 35.8. The molecule has 172 valence electrons. The zero-order chi connectivity index (χ0) is 24.1. The summed E-state index contributed by atoms with van der Waals surface area (Å²) in [6.45, 7) is 1.59. The molecule has 0 fully saturated rings. The fourth-order valence-electron chi connectivity index (χ4n) is 3.20. The molecule has 4 rings (SSSR count). The first-order chi connectivity index (χ1) is 16.4. The van der Waals surface area contributed by atoms with Crippen LogP contribution in [-0.4, -0.2) is 44.2 Å². The normalized spacial score (nSPS) is 11.6. The van der Waals surface area contributed by atoms with Crippen molar-refractivity contribution in [1.82, 2.24) is 15.0 Å². The molecule has 0 unspecified atom stereocenters. The molecule has 0 radical (unpaired) electrons. The lowest BCUT2D eigenvalue weighted by Crippen LogP contribution is -2.05. The molecule has 0 bridgehead atoms. The molecule has 2 aromatic heterocycles. The van der Waals surface area contributed by atoms with Crippen LogP contribution in [0, 0.1) is 0 Å². The van der Waals surface area contributed by atoms with Gasteiger partial charge in [-0.1, -0.05) is 25.1 Å². The van der Waals surface area contributed by atoms with Gasteiger partial charge in [0, 0.05) is 17.3 Å². The van der Waals surface area contributed by atoms with Crippen LogP contribution in [0.5, 0.6) is 5.75 Å². The first-order valence-corrected chi connectivity index (χ1v) is 12.0. The summed E-state index contributed by atoms with van der Waals surface area (Å²) in [6, 6.07) is 14.2. The largest absolute Gasteiger partial charge is 0.495 e. The van der Waals surface area contributed by atoms with Crippen molar-refractivity contribution < 1.29 is 17.6 Å². The number of rotatable bonds is 8. The number of sulfone groups is 1. The Morgan fingerprint density at radius 1 is 1.12 bits per heavy atom. The van der Waals surface area contributed by atoms with Gasteiger partial charge in [-0.2, -0.15) is 0 Å². The highest BCUT2D eigenvalue weighted by molar-refractivity contribution is 7.91. The Morgan fingerprint density at radius 3 is 2.71 bits per heavy atom. The van der Waals surface area contributed by atoms with Crippen LogP contribution in [0.15, 0.2) is 80.4 Å². The Morgan fingerprint density at radius 2 is 1.94 bits per heavy atom. The molecule has 0 saturated heterocycles. The Balaban J connectivity index is 1.62. The number of aromatic nitrogens is 3. The number of benzene rings is 2. The van der Waals surface area contributed by atoms with Crippen LogP contribution in [0.2, 0.25) is 0 Å². The number of hydrogen-bond acceptors (Lipinski definition) is 10. The van der Waals surface area contributed by atoms with Crippen molar-refractivity contribution in [3.63, 3.8) is 0 Å². The van der Waals surface area contributed by atoms with Crippen LogP contribution >= 0.6 is 0 Å². The first-order valence-electron chi connectivity index (χ1n) is 10.3. The molecule has 10 nitrogen and oxygen atoms in total. The van der Waals surface area contributed by atoms with Gasteiger partial charge in [-0.25, -0.2) is 23.4 Å². The molecule has 0 atom stereocenters. The molecule has 4 aromatic rings. The number of nitrogens with one attached hydrogen (secondary N) is 1. The van der Waals surface area contributed by atoms with E-state index in [9.17, 15) is 8.42 Å². The molecule has 12 heteroatoms. The molecule has 0 aliphatic heterocycles. The van der Waals surface area contributed by atoms with E-state index >= 15 is 0 Å². The average Bonchev–Trinajstić information content (AvgIpc) is 3.33. The predicted octanol–water partition coefficient (Wildman–Crippen LogP) is 3.98. The fraction of sp³-hybridized carbons (Fsp3) is 0.136. The summed E-state index contributed by atoms with van der Waals surface area (Å²) in [4.78, 5) is 12.9. The second-order valence-electron chi connectivity index (χ2n) is 7.04. The zero-order valence-electron chi connectivity index (χ0n) is 18.8. The smallest absolute Gasteiger partial charge is 0.299 e. The van der Waals surface area contributed by atoms with Crippen molar-refractivity contribution in [3.8, 4) is 28.3 Å². The van der Waals surface area contributed by atoms with Crippen molar-refractivity contribution in [1.29, 1.82) is 0 Å². The third-order valence-corrected chi connectivity index (χ3v) is 6.66. The van der Waals surface area contributed by atoms with Gasteiger partial charge in [-0.15, -0.1) is 5.11 Å². The maximum atomic E-state index is 12.3. The van der Waals surface area contributed by atoms with E-state index in [1.165, 1.54) is 19.2 Å². The van der Waals surface area contributed by atoms with Crippen LogP contribution in [0.25, 0.3) is 22.6 Å². The van der Waals surface area contributed by atoms with Crippen molar-refractivity contribution in [3.05, 3.63) is 60.9 Å². The lowest BCUT2D eigenvalue weighted by Gasteiger charge is -2.11. The van der Waals surface area contributed by atoms with Gasteiger partial charge < -0.3 is 14.5 Å². The van der Waals surface area contributed by atoms with Crippen LogP contribution in [0.3, 0.4) is 0 Å². The van der Waals surface area contributed by atoms with Gasteiger partial charge in [0.05, 0.1) is 35.3 Å². The molecular formula is C22H21BN6O4S. The number of ether oxygens (including phenoxy) is 1. The minimum Gasteiger partial charge on any atom is -0.495 e. The van der Waals surface area contributed by atoms with Gasteiger partial charge in [0.2, 0.25) is 0 Å². The van der Waals surface area contributed by atoms with Gasteiger partial charge >= 0.3 is 0 Å². The standard InChI is InChI=1S/C22H21BN6O4S/c1-3-34(30,31)16-7-8-19(32-2)18(12-16)27-22-25-13-20(33-22)15-6-4-5-14(11-15)17-9-10-24-21(26-17)28-29-23/h4-13H,3,23H2,1-2H3,(H,25,27). The topological polar surface area (TPSA) is 132 Å². The third kappa shape index (κ3) is 4.96. The van der Waals surface area contributed by atoms with Crippen LogP contribution < -0.4 is 10.1 Å². The monoisotopic (exact) mass is 476 g/mol. The summed E-state index contributed by atoms with van der Waals surface area (Å²) in [5.74, 6) is 1.24. The minimum absolute atomic E-state index is 0.00655. The Hall–Kier alpha value is -4.06. The minimum atomic E-state index is -3.38. The van der Waals surface area contributed by atoms with E-state index in [0.717, 1.165) is 11.1 Å². The third-order valence-electron chi connectivity index (χ3n) is 4.93. The molecule has 0 aliphatic rings. The van der Waals surface area contributed by atoms with Crippen molar-refractivity contribution in [2.75, 3.05) is 18.2 Å². The van der Waals surface area contributed by atoms with E-state index < -0.39 is 9.84 Å². The van der Waals surface area contributed by atoms with E-state index in [4.69, 9.17) is 9.15 Å². The highest BCUT2D eigenvalue weighted by atomic mass is 32.2. The molecule has 1 N–H and O–H groups in total. The van der Waals surface area contributed by atoms with Crippen LogP contribution in [0.1, 0.15) is 6.92 Å². The average molecular weight is 476 g/mol. The molecular weight excluding hydrogens is 455 g/mol. The fourth-order valence-corrected chi connectivity index (χ4v) is 4.11. The summed E-state index contributed by atoms with van der Waals surface area (Å²) in [7, 11) is -0.326. The van der Waals surface area contributed by atoms with Gasteiger partial charge in [0.25, 0.3) is 19.9 Å². The summed E-state index contributed by atoms with van der Waals surface area (Å²) in [5.41, 5.74) is 2.75.